The first-order chi connectivity index (χ1) is 13.8. The maximum absolute atomic E-state index is 10.9. The number of nitrogens with one attached hydrogen (secondary N) is 1. The van der Waals surface area contributed by atoms with Gasteiger partial charge in [-0.05, 0) is 24.0 Å². The number of aromatic nitrogens is 2. The van der Waals surface area contributed by atoms with Crippen LogP contribution >= 0.6 is 20.2 Å². The van der Waals surface area contributed by atoms with Gasteiger partial charge in [0, 0.05) is 0 Å². The van der Waals surface area contributed by atoms with Crippen LogP contribution in [0.25, 0.3) is 11.3 Å². The smallest absolute Gasteiger partial charge is 0.394 e. The molecule has 0 aliphatic rings. The van der Waals surface area contributed by atoms with Crippen molar-refractivity contribution < 1.29 is 24.0 Å². The van der Waals surface area contributed by atoms with Gasteiger partial charge in [-0.2, -0.15) is 0 Å². The fourth-order valence-corrected chi connectivity index (χ4v) is 3.47. The molecule has 30 heavy (non-hydrogen) atoms. The second-order valence-corrected chi connectivity index (χ2v) is 8.68. The number of imidazole rings is 1. The first-order valence-electron chi connectivity index (χ1n) is 10.0. The summed E-state index contributed by atoms with van der Waals surface area (Å²) in [6.45, 7) is 1.06. The van der Waals surface area contributed by atoms with Gasteiger partial charge in [-0.15, -0.1) is 12.4 Å². The molecular weight excluding hydrogens is 429 g/mol. The third-order valence-electron chi connectivity index (χ3n) is 4.90. The Kier molecular flexibility index (Phi) is 11.2. The molecule has 1 atom stereocenters. The quantitative estimate of drug-likeness (QED) is 0.226. The van der Waals surface area contributed by atoms with Crippen LogP contribution in [0.1, 0.15) is 56.8 Å². The molecule has 1 aromatic heterocycles. The van der Waals surface area contributed by atoms with E-state index >= 15 is 0 Å². The van der Waals surface area contributed by atoms with E-state index in [1.54, 1.807) is 6.20 Å². The van der Waals surface area contributed by atoms with Crippen LogP contribution in [0.5, 0.6) is 0 Å². The molecule has 0 fully saturated rings. The van der Waals surface area contributed by atoms with Gasteiger partial charge >= 0.3 is 7.82 Å². The summed E-state index contributed by atoms with van der Waals surface area (Å²) in [5.74, 6) is 0.194. The lowest BCUT2D eigenvalue weighted by Gasteiger charge is -2.24. The Morgan fingerprint density at radius 1 is 1.13 bits per heavy atom. The Morgan fingerprint density at radius 3 is 2.37 bits per heavy atom. The van der Waals surface area contributed by atoms with E-state index in [0.29, 0.717) is 5.69 Å². The molecule has 170 valence electrons. The van der Waals surface area contributed by atoms with E-state index in [0.717, 1.165) is 12.0 Å². The van der Waals surface area contributed by atoms with Crippen LogP contribution in [0.2, 0.25) is 0 Å². The highest BCUT2D eigenvalue weighted by atomic mass is 35.5. The summed E-state index contributed by atoms with van der Waals surface area (Å²) < 4.78 is 15.4. The number of aliphatic hydroxyl groups excluding tert-OH is 1. The lowest BCUT2D eigenvalue weighted by Crippen LogP contribution is -2.45. The average molecular weight is 462 g/mol. The van der Waals surface area contributed by atoms with Crippen LogP contribution < -0.4 is 5.73 Å². The third-order valence-corrected chi connectivity index (χ3v) is 5.37. The minimum atomic E-state index is -4.70. The van der Waals surface area contributed by atoms with E-state index in [2.05, 4.69) is 33.5 Å². The summed E-state index contributed by atoms with van der Waals surface area (Å²) in [5, 5.41) is 9.58. The zero-order chi connectivity index (χ0) is 21.3. The van der Waals surface area contributed by atoms with Crippen LogP contribution in [0.3, 0.4) is 0 Å². The highest BCUT2D eigenvalue weighted by Gasteiger charge is 2.33. The summed E-state index contributed by atoms with van der Waals surface area (Å²) >= 11 is 0. The number of rotatable bonds is 13. The van der Waals surface area contributed by atoms with Crippen LogP contribution in [-0.2, 0) is 21.0 Å². The number of nitrogens with zero attached hydrogens (tertiary/aromatic N) is 1. The predicted molar refractivity (Wildman–Crippen MR) is 119 cm³/mol. The molecule has 0 radical (unpaired) electrons. The third kappa shape index (κ3) is 8.47. The molecule has 2 aromatic rings. The van der Waals surface area contributed by atoms with E-state index in [9.17, 15) is 9.67 Å². The first-order valence-corrected chi connectivity index (χ1v) is 11.5. The average Bonchev–Trinajstić information content (AvgIpc) is 3.20. The summed E-state index contributed by atoms with van der Waals surface area (Å²) in [4.78, 5) is 24.9. The van der Waals surface area contributed by atoms with Crippen molar-refractivity contribution in [3.63, 3.8) is 0 Å². The summed E-state index contributed by atoms with van der Waals surface area (Å²) in [5.41, 5.74) is 7.37. The highest BCUT2D eigenvalue weighted by molar-refractivity contribution is 7.46. The van der Waals surface area contributed by atoms with Crippen molar-refractivity contribution in [1.29, 1.82) is 0 Å². The standard InChI is InChI=1S/C20H32N3O5P.ClH/c1-2-3-4-5-6-7-8-16-9-11-17(12-10-16)18-13-22-19(23-18)20(21,14-24)15-28-29(25,26)27;/h9-13,24H,2-8,14-15,21H2,1H3,(H,22,23)(H2,25,26,27);1H. The second-order valence-electron chi connectivity index (χ2n) is 7.44. The molecule has 1 aromatic carbocycles. The van der Waals surface area contributed by atoms with Crippen molar-refractivity contribution in [3.05, 3.63) is 41.9 Å². The van der Waals surface area contributed by atoms with Gasteiger partial charge in [0.15, 0.2) is 0 Å². The van der Waals surface area contributed by atoms with Gasteiger partial charge in [-0.1, -0.05) is 63.3 Å². The number of benzene rings is 1. The molecule has 8 nitrogen and oxygen atoms in total. The van der Waals surface area contributed by atoms with Gasteiger partial charge < -0.3 is 25.6 Å². The van der Waals surface area contributed by atoms with Gasteiger partial charge in [0.05, 0.1) is 25.1 Å². The van der Waals surface area contributed by atoms with Crippen LogP contribution in [0.15, 0.2) is 30.5 Å². The Bertz CT molecular complexity index is 796. The van der Waals surface area contributed by atoms with Crippen molar-refractivity contribution in [2.45, 2.75) is 57.4 Å². The molecule has 10 heteroatoms. The van der Waals surface area contributed by atoms with Crippen molar-refractivity contribution >= 4 is 20.2 Å². The molecule has 0 spiro atoms. The van der Waals surface area contributed by atoms with Crippen LogP contribution in [-0.4, -0.2) is 38.1 Å². The minimum Gasteiger partial charge on any atom is -0.394 e. The minimum absolute atomic E-state index is 0. The first kappa shape index (κ1) is 26.8. The molecule has 0 bridgehead atoms. The van der Waals surface area contributed by atoms with Crippen LogP contribution in [0.4, 0.5) is 0 Å². The number of halogens is 1. The number of hydrogen-bond donors (Lipinski definition) is 5. The van der Waals surface area contributed by atoms with Crippen LogP contribution in [0, 0.1) is 0 Å². The zero-order valence-electron chi connectivity index (χ0n) is 17.3. The maximum Gasteiger partial charge on any atom is 0.469 e. The molecule has 1 unspecified atom stereocenters. The van der Waals surface area contributed by atoms with Gasteiger partial charge in [0.1, 0.15) is 11.4 Å². The highest BCUT2D eigenvalue weighted by Crippen LogP contribution is 2.37. The number of aryl methyl sites for hydroxylation is 1. The Hall–Kier alpha value is -1.25. The monoisotopic (exact) mass is 461 g/mol. The number of aliphatic hydroxyl groups is 1. The zero-order valence-corrected chi connectivity index (χ0v) is 19.0. The van der Waals surface area contributed by atoms with E-state index in [1.165, 1.54) is 44.1 Å². The van der Waals surface area contributed by atoms with E-state index in [1.807, 2.05) is 12.1 Å². The maximum atomic E-state index is 10.9. The fourth-order valence-electron chi connectivity index (χ4n) is 3.07. The number of phosphoric acid groups is 1. The predicted octanol–water partition coefficient (Wildman–Crippen LogP) is 3.66. The second kappa shape index (κ2) is 12.6. The summed E-state index contributed by atoms with van der Waals surface area (Å²) in [7, 11) is -4.70. The van der Waals surface area contributed by atoms with Gasteiger partial charge in [0.25, 0.3) is 0 Å². The summed E-state index contributed by atoms with van der Waals surface area (Å²) in [6, 6.07) is 8.15. The molecule has 1 heterocycles. The largest absolute Gasteiger partial charge is 0.469 e. The van der Waals surface area contributed by atoms with Crippen molar-refractivity contribution in [2.75, 3.05) is 13.2 Å². The van der Waals surface area contributed by atoms with Gasteiger partial charge in [-0.3, -0.25) is 4.52 Å². The lowest BCUT2D eigenvalue weighted by molar-refractivity contribution is 0.102. The topological polar surface area (TPSA) is 142 Å². The molecular formula is C20H33ClN3O5P. The molecule has 6 N–H and O–H groups in total. The molecule has 0 aliphatic heterocycles. The van der Waals surface area contributed by atoms with E-state index in [-0.39, 0.29) is 18.2 Å². The molecule has 2 rings (SSSR count). The Labute approximate surface area is 183 Å². The number of hydrogen-bond acceptors (Lipinski definition) is 5. The van der Waals surface area contributed by atoms with Crippen molar-refractivity contribution in [2.24, 2.45) is 5.73 Å². The normalized spacial score (nSPS) is 13.6. The number of aromatic amines is 1. The van der Waals surface area contributed by atoms with Gasteiger partial charge in [-0.25, -0.2) is 9.55 Å². The Balaban J connectivity index is 0.00000450. The molecule has 0 saturated heterocycles. The number of unbranched alkanes of at least 4 members (excludes halogenated alkanes) is 5. The number of nitrogens with two attached hydrogens (primary N) is 1. The molecule has 0 aliphatic carbocycles. The van der Waals surface area contributed by atoms with E-state index in [4.69, 9.17) is 15.5 Å². The SMILES string of the molecule is CCCCCCCCc1ccc(-c2cnc(C(N)(CO)COP(=O)(O)O)[nH]2)cc1.Cl. The lowest BCUT2D eigenvalue weighted by atomic mass is 10.0. The molecule has 0 saturated carbocycles. The Morgan fingerprint density at radius 2 is 1.77 bits per heavy atom. The van der Waals surface area contributed by atoms with Crippen molar-refractivity contribution in [1.82, 2.24) is 9.97 Å². The van der Waals surface area contributed by atoms with Crippen molar-refractivity contribution in [3.8, 4) is 11.3 Å². The van der Waals surface area contributed by atoms with E-state index < -0.39 is 26.6 Å². The number of phosphoric ester groups is 1. The summed E-state index contributed by atoms with van der Waals surface area (Å²) in [6.07, 6.45) is 10.2. The van der Waals surface area contributed by atoms with Gasteiger partial charge in [0.2, 0.25) is 0 Å². The fraction of sp³-hybridized carbons (Fsp3) is 0.550. The number of H-pyrrole nitrogens is 1. The molecule has 0 amide bonds.